The predicted molar refractivity (Wildman–Crippen MR) is 94.0 cm³/mol. The number of carbonyl (C=O) groups excluding carboxylic acids is 1. The highest BCUT2D eigenvalue weighted by atomic mass is 16.5. The highest BCUT2D eigenvalue weighted by Crippen LogP contribution is 2.20. The third-order valence-electron chi connectivity index (χ3n) is 5.19. The Morgan fingerprint density at radius 1 is 1.25 bits per heavy atom. The number of anilines is 1. The van der Waals surface area contributed by atoms with Crippen LogP contribution in [0.4, 0.5) is 5.82 Å². The molecule has 0 aromatic carbocycles. The monoisotopic (exact) mass is 334 g/mol. The second kappa shape index (κ2) is 8.62. The van der Waals surface area contributed by atoms with Gasteiger partial charge < -0.3 is 14.7 Å². The molecule has 0 radical (unpaired) electrons. The van der Waals surface area contributed by atoms with E-state index in [0.29, 0.717) is 24.0 Å². The average molecular weight is 334 g/mol. The van der Waals surface area contributed by atoms with E-state index >= 15 is 0 Å². The van der Waals surface area contributed by atoms with Gasteiger partial charge in [0, 0.05) is 31.6 Å². The minimum atomic E-state index is 0.0141. The molecule has 1 amide bonds. The molecule has 1 atom stereocenters. The molecule has 134 valence electrons. The Hall–Kier alpha value is -1.40. The second-order valence-electron chi connectivity index (χ2n) is 7.17. The van der Waals surface area contributed by atoms with Crippen molar-refractivity contribution >= 4 is 11.7 Å². The zero-order valence-electron chi connectivity index (χ0n) is 14.8. The van der Waals surface area contributed by atoms with Gasteiger partial charge in [0.2, 0.25) is 5.91 Å². The summed E-state index contributed by atoms with van der Waals surface area (Å²) >= 11 is 0. The molecule has 6 heteroatoms. The molecule has 0 unspecified atom stereocenters. The van der Waals surface area contributed by atoms with Crippen LogP contribution in [0.1, 0.15) is 50.7 Å². The molecule has 24 heavy (non-hydrogen) atoms. The van der Waals surface area contributed by atoms with Crippen LogP contribution < -0.4 is 5.32 Å². The number of hydrogen-bond acceptors (Lipinski definition) is 5. The van der Waals surface area contributed by atoms with Crippen LogP contribution in [-0.4, -0.2) is 59.6 Å². The van der Waals surface area contributed by atoms with Crippen LogP contribution in [0, 0.1) is 6.92 Å². The Bertz CT molecular complexity index is 523. The van der Waals surface area contributed by atoms with Gasteiger partial charge in [-0.1, -0.05) is 18.0 Å². The summed E-state index contributed by atoms with van der Waals surface area (Å²) in [6, 6.07) is 2.42. The summed E-state index contributed by atoms with van der Waals surface area (Å²) in [6.07, 6.45) is 8.51. The molecule has 6 nitrogen and oxygen atoms in total. The predicted octanol–water partition coefficient (Wildman–Crippen LogP) is 2.65. The third kappa shape index (κ3) is 5.05. The topological polar surface area (TPSA) is 61.6 Å². The first-order valence-electron chi connectivity index (χ1n) is 9.40. The van der Waals surface area contributed by atoms with Crippen LogP contribution in [0.3, 0.4) is 0 Å². The van der Waals surface area contributed by atoms with E-state index in [1.807, 2.05) is 6.92 Å². The molecule has 2 fully saturated rings. The summed E-state index contributed by atoms with van der Waals surface area (Å²) in [5.41, 5.74) is 0. The van der Waals surface area contributed by atoms with Crippen molar-refractivity contribution in [3.8, 4) is 0 Å². The number of piperidine rings is 1. The average Bonchev–Trinajstić information content (AvgIpc) is 2.84. The van der Waals surface area contributed by atoms with E-state index in [9.17, 15) is 4.79 Å². The fourth-order valence-corrected chi connectivity index (χ4v) is 3.88. The van der Waals surface area contributed by atoms with Gasteiger partial charge in [0.25, 0.3) is 0 Å². The SMILES string of the molecule is Cc1cc(NC(=O)CCN2CCC[C@H](N3CCCCCC3)C2)no1. The summed E-state index contributed by atoms with van der Waals surface area (Å²) < 4.78 is 4.97. The summed E-state index contributed by atoms with van der Waals surface area (Å²) in [5.74, 6) is 1.24. The fraction of sp³-hybridized carbons (Fsp3) is 0.778. The molecule has 2 aliphatic heterocycles. The molecular weight excluding hydrogens is 304 g/mol. The minimum Gasteiger partial charge on any atom is -0.360 e. The summed E-state index contributed by atoms with van der Waals surface area (Å²) in [7, 11) is 0. The maximum absolute atomic E-state index is 12.1. The van der Waals surface area contributed by atoms with E-state index in [-0.39, 0.29) is 5.91 Å². The van der Waals surface area contributed by atoms with Crippen molar-refractivity contribution in [1.29, 1.82) is 0 Å². The molecule has 0 saturated carbocycles. The zero-order chi connectivity index (χ0) is 16.8. The van der Waals surface area contributed by atoms with Gasteiger partial charge in [-0.15, -0.1) is 0 Å². The van der Waals surface area contributed by atoms with Gasteiger partial charge in [-0.2, -0.15) is 0 Å². The minimum absolute atomic E-state index is 0.0141. The number of carbonyl (C=O) groups is 1. The smallest absolute Gasteiger partial charge is 0.226 e. The van der Waals surface area contributed by atoms with Crippen LogP contribution in [0.15, 0.2) is 10.6 Å². The first-order chi connectivity index (χ1) is 11.7. The fourth-order valence-electron chi connectivity index (χ4n) is 3.88. The summed E-state index contributed by atoms with van der Waals surface area (Å²) in [4.78, 5) is 17.2. The number of nitrogens with zero attached hydrogens (tertiary/aromatic N) is 3. The summed E-state index contributed by atoms with van der Waals surface area (Å²) in [5, 5.41) is 6.61. The van der Waals surface area contributed by atoms with E-state index < -0.39 is 0 Å². The van der Waals surface area contributed by atoms with Crippen LogP contribution in [-0.2, 0) is 4.79 Å². The first kappa shape index (κ1) is 17.4. The Kier molecular flexibility index (Phi) is 6.26. The first-order valence-corrected chi connectivity index (χ1v) is 9.40. The van der Waals surface area contributed by atoms with Crippen molar-refractivity contribution in [2.75, 3.05) is 38.0 Å². The molecule has 0 aliphatic carbocycles. The summed E-state index contributed by atoms with van der Waals surface area (Å²) in [6.45, 7) is 7.37. The highest BCUT2D eigenvalue weighted by Gasteiger charge is 2.25. The van der Waals surface area contributed by atoms with Crippen LogP contribution in [0.2, 0.25) is 0 Å². The molecule has 1 N–H and O–H groups in total. The Labute approximate surface area is 144 Å². The number of aromatic nitrogens is 1. The van der Waals surface area contributed by atoms with Crippen molar-refractivity contribution in [1.82, 2.24) is 15.0 Å². The quantitative estimate of drug-likeness (QED) is 0.897. The van der Waals surface area contributed by atoms with E-state index in [4.69, 9.17) is 4.52 Å². The zero-order valence-corrected chi connectivity index (χ0v) is 14.8. The maximum Gasteiger partial charge on any atom is 0.226 e. The molecule has 3 heterocycles. The van der Waals surface area contributed by atoms with E-state index in [1.54, 1.807) is 6.07 Å². The standard InChI is InChI=1S/C18H30N4O2/c1-15-13-17(20-24-15)19-18(23)8-12-21-9-6-7-16(14-21)22-10-4-2-3-5-11-22/h13,16H,2-12,14H2,1H3,(H,19,20,23)/t16-/m0/s1. The van der Waals surface area contributed by atoms with Gasteiger partial charge in [-0.3, -0.25) is 9.69 Å². The molecule has 3 rings (SSSR count). The van der Waals surface area contributed by atoms with Crippen molar-refractivity contribution in [2.24, 2.45) is 0 Å². The van der Waals surface area contributed by atoms with Crippen molar-refractivity contribution < 1.29 is 9.32 Å². The van der Waals surface area contributed by atoms with E-state index in [1.165, 1.54) is 51.6 Å². The molecule has 0 bridgehead atoms. The normalized spacial score (nSPS) is 23.8. The van der Waals surface area contributed by atoms with Crippen LogP contribution >= 0.6 is 0 Å². The number of likely N-dealkylation sites (tertiary alicyclic amines) is 2. The second-order valence-corrected chi connectivity index (χ2v) is 7.17. The largest absolute Gasteiger partial charge is 0.360 e. The Balaban J connectivity index is 1.42. The lowest BCUT2D eigenvalue weighted by atomic mass is 10.0. The van der Waals surface area contributed by atoms with Gasteiger partial charge >= 0.3 is 0 Å². The molecule has 1 aromatic rings. The van der Waals surface area contributed by atoms with Gasteiger partial charge in [-0.25, -0.2) is 0 Å². The molecule has 2 saturated heterocycles. The number of hydrogen-bond donors (Lipinski definition) is 1. The highest BCUT2D eigenvalue weighted by molar-refractivity contribution is 5.89. The van der Waals surface area contributed by atoms with Gasteiger partial charge in [-0.05, 0) is 52.2 Å². The number of rotatable bonds is 5. The molecule has 1 aromatic heterocycles. The van der Waals surface area contributed by atoms with E-state index in [2.05, 4.69) is 20.3 Å². The van der Waals surface area contributed by atoms with Crippen LogP contribution in [0.25, 0.3) is 0 Å². The maximum atomic E-state index is 12.1. The number of aryl methyl sites for hydroxylation is 1. The number of nitrogens with one attached hydrogen (secondary N) is 1. The van der Waals surface area contributed by atoms with Crippen LogP contribution in [0.5, 0.6) is 0 Å². The lowest BCUT2D eigenvalue weighted by Crippen LogP contribution is -2.48. The Morgan fingerprint density at radius 2 is 2.04 bits per heavy atom. The van der Waals surface area contributed by atoms with Crippen molar-refractivity contribution in [2.45, 2.75) is 57.9 Å². The molecule has 2 aliphatic rings. The van der Waals surface area contributed by atoms with Gasteiger partial charge in [0.15, 0.2) is 5.82 Å². The lowest BCUT2D eigenvalue weighted by molar-refractivity contribution is -0.116. The van der Waals surface area contributed by atoms with Crippen molar-refractivity contribution in [3.63, 3.8) is 0 Å². The number of amides is 1. The molecule has 0 spiro atoms. The van der Waals surface area contributed by atoms with E-state index in [0.717, 1.165) is 19.6 Å². The lowest BCUT2D eigenvalue weighted by Gasteiger charge is -2.39. The Morgan fingerprint density at radius 3 is 2.75 bits per heavy atom. The van der Waals surface area contributed by atoms with Crippen molar-refractivity contribution in [3.05, 3.63) is 11.8 Å². The van der Waals surface area contributed by atoms with Gasteiger partial charge in [0.05, 0.1) is 0 Å². The van der Waals surface area contributed by atoms with Gasteiger partial charge in [0.1, 0.15) is 5.76 Å². The molecular formula is C18H30N4O2. The third-order valence-corrected chi connectivity index (χ3v) is 5.19.